The lowest BCUT2D eigenvalue weighted by Crippen LogP contribution is -2.27. The van der Waals surface area contributed by atoms with Crippen LogP contribution < -0.4 is 0 Å². The monoisotopic (exact) mass is 1590 g/mol. The molecule has 27 nitrogen and oxygen atoms in total. The first-order valence-electron chi connectivity index (χ1n) is 36.2. The van der Waals surface area contributed by atoms with E-state index < -0.39 is 29.8 Å². The Hall–Kier alpha value is -11.4. The van der Waals surface area contributed by atoms with Gasteiger partial charge >= 0.3 is 5.97 Å². The van der Waals surface area contributed by atoms with Crippen molar-refractivity contribution in [3.05, 3.63) is 165 Å². The maximum absolute atomic E-state index is 13.7. The number of aromatic carboxylic acids is 1. The van der Waals surface area contributed by atoms with E-state index in [0.717, 1.165) is 101 Å². The number of rotatable bonds is 12. The highest BCUT2D eigenvalue weighted by Gasteiger charge is 2.40. The number of nitrogens with one attached hydrogen (secondary N) is 4. The Labute approximate surface area is 636 Å². The molecule has 0 amide bonds. The molecule has 3 saturated carbocycles. The lowest BCUT2D eigenvalue weighted by Gasteiger charge is -2.31. The van der Waals surface area contributed by atoms with Crippen LogP contribution in [0.3, 0.4) is 0 Å². The van der Waals surface area contributed by atoms with Gasteiger partial charge in [-0.15, -0.1) is 0 Å². The minimum Gasteiger partial charge on any atom is -0.478 e. The molecule has 0 spiro atoms. The van der Waals surface area contributed by atoms with Crippen molar-refractivity contribution in [2.45, 2.75) is 169 Å². The number of carboxylic acid groups (broad SMARTS) is 1. The normalized spacial score (nSPS) is 16.1. The summed E-state index contributed by atoms with van der Waals surface area (Å²) in [6.07, 6.45) is 21.2. The highest BCUT2D eigenvalue weighted by Crippen LogP contribution is 2.44. The Bertz CT molecular complexity index is 5730. The molecule has 18 rings (SSSR count). The Morgan fingerprint density at radius 2 is 0.919 bits per heavy atom. The third kappa shape index (κ3) is 16.9. The van der Waals surface area contributed by atoms with E-state index in [9.17, 15) is 41.4 Å². The van der Waals surface area contributed by atoms with Crippen LogP contribution in [0.25, 0.3) is 107 Å². The third-order valence-corrected chi connectivity index (χ3v) is 20.9. The first-order valence-corrected chi connectivity index (χ1v) is 36.9. The van der Waals surface area contributed by atoms with Gasteiger partial charge in [0.15, 0.2) is 28.2 Å². The summed E-state index contributed by atoms with van der Waals surface area (Å²) in [4.78, 5) is 72.4. The number of fused-ring (bicyclic) bond motifs is 5. The SMILES string of the molecule is Brc1cnc2[nH]ccc2n1.Cc1noc(C)c1-c1cnc2[nH]cc(C(O)C3CCC(F)(F)CC3)c2n1.Cc1noc(C)c1-c1cnc2[nH]cc(CC3CCC(F)(F)CC3)c2n1.Cc1noc(C)c1-c1cnc2[nH]ccc2n1.Cc1noc(C)c1-c1cnc2c(n1)c(CC1CCC(F)(F)CC1)cn2-c1ccc(C(=O)O)cn1. The molecule has 0 saturated heterocycles. The van der Waals surface area contributed by atoms with E-state index in [4.69, 9.17) is 28.1 Å². The number of hydrogen-bond acceptors (Lipinski definition) is 21. The molecule has 0 radical (unpaired) electrons. The second kappa shape index (κ2) is 31.5. The Kier molecular flexibility index (Phi) is 21.7. The van der Waals surface area contributed by atoms with Gasteiger partial charge in [-0.1, -0.05) is 20.6 Å². The van der Waals surface area contributed by atoms with Crippen molar-refractivity contribution in [1.29, 1.82) is 0 Å². The van der Waals surface area contributed by atoms with Gasteiger partial charge in [0.05, 0.1) is 110 Å². The second-order valence-electron chi connectivity index (χ2n) is 28.4. The van der Waals surface area contributed by atoms with Crippen LogP contribution in [0.1, 0.15) is 156 Å². The minimum absolute atomic E-state index is 0.0178. The predicted molar refractivity (Wildman–Crippen MR) is 400 cm³/mol. The van der Waals surface area contributed by atoms with Gasteiger partial charge < -0.3 is 48.2 Å². The number of pyridine rings is 1. The number of aromatic amines is 4. The summed E-state index contributed by atoms with van der Waals surface area (Å²) >= 11 is 3.23. The number of aliphatic hydroxyl groups excluding tert-OH is 1. The van der Waals surface area contributed by atoms with Crippen LogP contribution in [-0.4, -0.2) is 134 Å². The molecule has 3 aliphatic rings. The van der Waals surface area contributed by atoms with Crippen molar-refractivity contribution in [2.24, 2.45) is 17.8 Å². The van der Waals surface area contributed by atoms with E-state index in [1.165, 1.54) is 12.3 Å². The highest BCUT2D eigenvalue weighted by atomic mass is 79.9. The van der Waals surface area contributed by atoms with Crippen LogP contribution in [0.2, 0.25) is 0 Å². The molecule has 34 heteroatoms. The Morgan fingerprint density at radius 1 is 0.495 bits per heavy atom. The fraction of sp³-hybridized carbons (Fsp3) is 0.377. The maximum atomic E-state index is 13.7. The van der Waals surface area contributed by atoms with E-state index in [2.05, 4.69) is 101 Å². The van der Waals surface area contributed by atoms with Crippen LogP contribution in [0.5, 0.6) is 0 Å². The molecular formula is C77H77BrF6N20O7. The first kappa shape index (κ1) is 76.4. The standard InChI is InChI=1S/C24H23F2N5O3.C18H20F2N4O2.C18H20F2N4O.C11H10N4O.C6H4BrN3/c1-13-20(14(2)34-30-13)18-11-28-22-21(29-18)17(9-15-5-7-24(25,26)8-6-15)12-31(22)19-4-3-16(10-27-19)23(32)33;1-9-14(10(2)26-24-9)13-8-22-17-15(23-13)12(7-21-17)16(25)11-3-5-18(19,20)6-4-11;1-10-15(11(2)25-24-10)14-9-22-17-16(23-14)13(8-21-17)7-12-3-5-18(19,20)6-4-12;1-6-10(7(2)16-15-6)9-5-13-11-8(14-9)3-4-12-11;7-5-3-9-6-4(10-5)1-2-8-6/h3-4,10-12,15H,5-9H2,1-2H3,(H,32,33);7-8,11,16,25H,3-6H2,1-2H3,(H,21,22);8-9,12H,3-7H2,1-2H3,(H,21,22);3-5H,1-2H3,(H,12,13);1-3H,(H,8,9). The van der Waals surface area contributed by atoms with Gasteiger partial charge in [-0.05, 0) is 176 Å². The topological polar surface area (TPSA) is 372 Å². The molecule has 15 aromatic heterocycles. The molecule has 1 unspecified atom stereocenters. The average Bonchev–Trinajstić information content (AvgIpc) is 1.62. The number of aliphatic hydroxyl groups is 1. The van der Waals surface area contributed by atoms with Gasteiger partial charge in [-0.3, -0.25) is 4.57 Å². The van der Waals surface area contributed by atoms with Crippen molar-refractivity contribution < 1.29 is 59.4 Å². The molecule has 0 aromatic carbocycles. The molecule has 15 aromatic rings. The molecular weight excluding hydrogens is 1510 g/mol. The summed E-state index contributed by atoms with van der Waals surface area (Å²) in [5.74, 6) is -5.34. The molecule has 0 aliphatic heterocycles. The van der Waals surface area contributed by atoms with E-state index in [-0.39, 0.29) is 74.7 Å². The van der Waals surface area contributed by atoms with Crippen LogP contribution in [0.15, 0.2) is 115 Å². The van der Waals surface area contributed by atoms with Gasteiger partial charge in [-0.25, -0.2) is 86.0 Å². The maximum Gasteiger partial charge on any atom is 0.337 e. The number of halogens is 7. The summed E-state index contributed by atoms with van der Waals surface area (Å²) in [5.41, 5.74) is 18.9. The summed E-state index contributed by atoms with van der Waals surface area (Å²) < 4.78 is 104. The number of aromatic nitrogens is 20. The quantitative estimate of drug-likeness (QED) is 0.0619. The van der Waals surface area contributed by atoms with E-state index >= 15 is 0 Å². The molecule has 1 atom stereocenters. The summed E-state index contributed by atoms with van der Waals surface area (Å²) in [7, 11) is 0. The van der Waals surface area contributed by atoms with Crippen LogP contribution in [0, 0.1) is 73.1 Å². The number of aryl methyl sites for hydroxylation is 8. The third-order valence-electron chi connectivity index (χ3n) is 20.5. The average molecular weight is 1590 g/mol. The molecule has 6 N–H and O–H groups in total. The van der Waals surface area contributed by atoms with E-state index in [0.29, 0.717) is 112 Å². The smallest absolute Gasteiger partial charge is 0.337 e. The minimum atomic E-state index is -2.62. The van der Waals surface area contributed by atoms with Gasteiger partial charge in [0.1, 0.15) is 61.0 Å². The first-order chi connectivity index (χ1) is 53.1. The fourth-order valence-corrected chi connectivity index (χ4v) is 14.9. The number of H-pyrrole nitrogens is 4. The summed E-state index contributed by atoms with van der Waals surface area (Å²) in [6.45, 7) is 14.8. The Balaban J connectivity index is 0.000000121. The van der Waals surface area contributed by atoms with E-state index in [1.807, 2.05) is 85.4 Å². The van der Waals surface area contributed by atoms with Gasteiger partial charge in [0.2, 0.25) is 17.8 Å². The zero-order valence-electron chi connectivity index (χ0n) is 61.6. The lowest BCUT2D eigenvalue weighted by molar-refractivity contribution is -0.0626. The van der Waals surface area contributed by atoms with Crippen LogP contribution >= 0.6 is 15.9 Å². The number of carbonyl (C=O) groups is 1. The zero-order chi connectivity index (χ0) is 78.2. The van der Waals surface area contributed by atoms with Crippen molar-refractivity contribution >= 4 is 77.7 Å². The molecule has 0 bridgehead atoms. The van der Waals surface area contributed by atoms with Gasteiger partial charge in [0.25, 0.3) is 0 Å². The predicted octanol–water partition coefficient (Wildman–Crippen LogP) is 17.8. The van der Waals surface area contributed by atoms with Crippen molar-refractivity contribution in [1.82, 2.24) is 100.0 Å². The molecule has 3 aliphatic carbocycles. The second-order valence-corrected chi connectivity index (χ2v) is 29.3. The summed E-state index contributed by atoms with van der Waals surface area (Å²) in [6, 6.07) is 6.86. The number of carboxylic acids is 1. The highest BCUT2D eigenvalue weighted by molar-refractivity contribution is 9.10. The van der Waals surface area contributed by atoms with Crippen molar-refractivity contribution in [3.8, 4) is 50.8 Å². The van der Waals surface area contributed by atoms with Crippen LogP contribution in [-0.2, 0) is 12.8 Å². The number of hydrogen-bond donors (Lipinski definition) is 6. The number of nitrogens with zero attached hydrogens (tertiary/aromatic N) is 16. The van der Waals surface area contributed by atoms with Gasteiger partial charge in [-0.2, -0.15) is 0 Å². The van der Waals surface area contributed by atoms with Crippen molar-refractivity contribution in [2.75, 3.05) is 0 Å². The largest absolute Gasteiger partial charge is 0.478 e. The number of alkyl halides is 6. The molecule has 15 heterocycles. The zero-order valence-corrected chi connectivity index (χ0v) is 63.2. The van der Waals surface area contributed by atoms with Crippen LogP contribution in [0.4, 0.5) is 26.3 Å². The molecule has 111 heavy (non-hydrogen) atoms. The fourth-order valence-electron chi connectivity index (χ4n) is 14.6. The van der Waals surface area contributed by atoms with Crippen molar-refractivity contribution in [3.63, 3.8) is 0 Å². The summed E-state index contributed by atoms with van der Waals surface area (Å²) in [5, 5.41) is 35.8. The molecule has 576 valence electrons. The van der Waals surface area contributed by atoms with Gasteiger partial charge in [0, 0.05) is 81.3 Å². The van der Waals surface area contributed by atoms with E-state index in [1.54, 1.807) is 54.7 Å². The Morgan fingerprint density at radius 3 is 1.40 bits per heavy atom. The lowest BCUT2D eigenvalue weighted by atomic mass is 9.81. The molecule has 3 fully saturated rings.